The lowest BCUT2D eigenvalue weighted by Crippen LogP contribution is -2.37. The van der Waals surface area contributed by atoms with E-state index >= 15 is 0 Å². The predicted octanol–water partition coefficient (Wildman–Crippen LogP) is 2.88. The monoisotopic (exact) mass is 352 g/mol. The van der Waals surface area contributed by atoms with Crippen molar-refractivity contribution in [3.05, 3.63) is 41.9 Å². The lowest BCUT2D eigenvalue weighted by molar-refractivity contribution is 0.501. The standard InChI is InChI=1S/C16H24N4OS2/c1-13-10-17-12-20(13)8-3-6-18-16(22)19-7-9-23-11-15-5-4-14(2)21-15/h4-5,10,12H,3,6-9,11H2,1-2H3,(H2,18,19,22). The van der Waals surface area contributed by atoms with Crippen molar-refractivity contribution in [2.75, 3.05) is 18.8 Å². The number of aryl methyl sites for hydroxylation is 3. The maximum atomic E-state index is 5.53. The molecule has 5 nitrogen and oxygen atoms in total. The number of furan rings is 1. The zero-order valence-corrected chi connectivity index (χ0v) is 15.3. The average Bonchev–Trinajstić information content (AvgIpc) is 3.12. The highest BCUT2D eigenvalue weighted by molar-refractivity contribution is 7.98. The van der Waals surface area contributed by atoms with Gasteiger partial charge in [-0.2, -0.15) is 11.8 Å². The van der Waals surface area contributed by atoms with Gasteiger partial charge in [0.05, 0.1) is 12.1 Å². The number of thioether (sulfide) groups is 1. The lowest BCUT2D eigenvalue weighted by atomic mass is 10.4. The van der Waals surface area contributed by atoms with Gasteiger partial charge in [-0.15, -0.1) is 0 Å². The summed E-state index contributed by atoms with van der Waals surface area (Å²) in [6.45, 7) is 6.71. The first-order valence-electron chi connectivity index (χ1n) is 7.76. The molecule has 0 aliphatic rings. The van der Waals surface area contributed by atoms with Gasteiger partial charge in [-0.1, -0.05) is 0 Å². The van der Waals surface area contributed by atoms with Crippen LogP contribution in [0.25, 0.3) is 0 Å². The first-order chi connectivity index (χ1) is 11.1. The molecule has 0 fully saturated rings. The van der Waals surface area contributed by atoms with E-state index in [4.69, 9.17) is 16.6 Å². The van der Waals surface area contributed by atoms with Crippen LogP contribution >= 0.6 is 24.0 Å². The van der Waals surface area contributed by atoms with Crippen LogP contribution in [0.2, 0.25) is 0 Å². The fourth-order valence-corrected chi connectivity index (χ4v) is 3.06. The molecule has 0 saturated heterocycles. The largest absolute Gasteiger partial charge is 0.466 e. The van der Waals surface area contributed by atoms with Crippen molar-refractivity contribution in [2.24, 2.45) is 0 Å². The van der Waals surface area contributed by atoms with Gasteiger partial charge in [0.25, 0.3) is 0 Å². The van der Waals surface area contributed by atoms with Gasteiger partial charge < -0.3 is 19.6 Å². The normalized spacial score (nSPS) is 10.7. The molecule has 0 atom stereocenters. The van der Waals surface area contributed by atoms with E-state index in [9.17, 15) is 0 Å². The minimum atomic E-state index is 0.724. The van der Waals surface area contributed by atoms with Gasteiger partial charge >= 0.3 is 0 Å². The highest BCUT2D eigenvalue weighted by atomic mass is 32.2. The molecule has 2 aromatic heterocycles. The van der Waals surface area contributed by atoms with E-state index in [-0.39, 0.29) is 0 Å². The van der Waals surface area contributed by atoms with Gasteiger partial charge in [0.2, 0.25) is 0 Å². The minimum absolute atomic E-state index is 0.724. The van der Waals surface area contributed by atoms with Crippen LogP contribution in [0.1, 0.15) is 23.6 Å². The number of hydrogen-bond acceptors (Lipinski definition) is 4. The Morgan fingerprint density at radius 2 is 2.13 bits per heavy atom. The number of nitrogens with zero attached hydrogens (tertiary/aromatic N) is 2. The van der Waals surface area contributed by atoms with Crippen LogP contribution in [-0.4, -0.2) is 33.5 Å². The predicted molar refractivity (Wildman–Crippen MR) is 99.8 cm³/mol. The van der Waals surface area contributed by atoms with Gasteiger partial charge in [0.1, 0.15) is 11.5 Å². The lowest BCUT2D eigenvalue weighted by Gasteiger charge is -2.10. The Kier molecular flexibility index (Phi) is 7.48. The van der Waals surface area contributed by atoms with Crippen LogP contribution in [0.5, 0.6) is 0 Å². The molecule has 0 aromatic carbocycles. The second kappa shape index (κ2) is 9.62. The van der Waals surface area contributed by atoms with Crippen LogP contribution in [0.3, 0.4) is 0 Å². The molecule has 23 heavy (non-hydrogen) atoms. The van der Waals surface area contributed by atoms with Crippen LogP contribution in [0.15, 0.2) is 29.1 Å². The summed E-state index contributed by atoms with van der Waals surface area (Å²) in [7, 11) is 0. The van der Waals surface area contributed by atoms with Crippen LogP contribution in [-0.2, 0) is 12.3 Å². The molecular formula is C16H24N4OS2. The second-order valence-corrected chi connectivity index (χ2v) is 6.84. The third-order valence-corrected chi connectivity index (χ3v) is 4.62. The Bertz CT molecular complexity index is 609. The number of aromatic nitrogens is 2. The van der Waals surface area contributed by atoms with Crippen molar-refractivity contribution >= 4 is 29.1 Å². The molecular weight excluding hydrogens is 328 g/mol. The molecule has 7 heteroatoms. The molecule has 0 radical (unpaired) electrons. The molecule has 0 aliphatic carbocycles. The van der Waals surface area contributed by atoms with Crippen molar-refractivity contribution in [3.63, 3.8) is 0 Å². The van der Waals surface area contributed by atoms with E-state index in [0.29, 0.717) is 0 Å². The van der Waals surface area contributed by atoms with E-state index in [0.717, 1.165) is 54.2 Å². The van der Waals surface area contributed by atoms with Gasteiger partial charge in [0, 0.05) is 37.3 Å². The maximum Gasteiger partial charge on any atom is 0.166 e. The number of rotatable bonds is 9. The minimum Gasteiger partial charge on any atom is -0.466 e. The molecule has 0 bridgehead atoms. The Morgan fingerprint density at radius 1 is 1.30 bits per heavy atom. The average molecular weight is 353 g/mol. The first kappa shape index (κ1) is 17.9. The van der Waals surface area contributed by atoms with Gasteiger partial charge in [-0.3, -0.25) is 0 Å². The summed E-state index contributed by atoms with van der Waals surface area (Å²) < 4.78 is 7.67. The molecule has 0 unspecified atom stereocenters. The Hall–Kier alpha value is -1.47. The second-order valence-electron chi connectivity index (χ2n) is 5.33. The van der Waals surface area contributed by atoms with Crippen LogP contribution in [0.4, 0.5) is 0 Å². The molecule has 0 amide bonds. The molecule has 2 N–H and O–H groups in total. The summed E-state index contributed by atoms with van der Waals surface area (Å²) >= 11 is 7.11. The molecule has 0 spiro atoms. The van der Waals surface area contributed by atoms with E-state index in [1.54, 1.807) is 0 Å². The third-order valence-electron chi connectivity index (χ3n) is 3.35. The summed E-state index contributed by atoms with van der Waals surface area (Å²) in [6, 6.07) is 4.03. The zero-order valence-electron chi connectivity index (χ0n) is 13.7. The number of nitrogens with one attached hydrogen (secondary N) is 2. The van der Waals surface area contributed by atoms with E-state index in [1.165, 1.54) is 5.69 Å². The molecule has 2 aromatic rings. The quantitative estimate of drug-likeness (QED) is 0.535. The maximum absolute atomic E-state index is 5.53. The Morgan fingerprint density at radius 3 is 2.83 bits per heavy atom. The first-order valence-corrected chi connectivity index (χ1v) is 9.33. The number of thiocarbonyl (C=S) groups is 1. The summed E-state index contributed by atoms with van der Waals surface area (Å²) in [5.74, 6) is 3.90. The summed E-state index contributed by atoms with van der Waals surface area (Å²) in [4.78, 5) is 4.11. The van der Waals surface area contributed by atoms with Crippen molar-refractivity contribution in [2.45, 2.75) is 32.6 Å². The molecule has 2 heterocycles. The van der Waals surface area contributed by atoms with Crippen molar-refractivity contribution < 1.29 is 4.42 Å². The highest BCUT2D eigenvalue weighted by Crippen LogP contribution is 2.14. The van der Waals surface area contributed by atoms with Gasteiger partial charge in [-0.05, 0) is 44.6 Å². The van der Waals surface area contributed by atoms with Crippen molar-refractivity contribution in [1.29, 1.82) is 0 Å². The van der Waals surface area contributed by atoms with Crippen LogP contribution < -0.4 is 10.6 Å². The smallest absolute Gasteiger partial charge is 0.166 e. The van der Waals surface area contributed by atoms with E-state index < -0.39 is 0 Å². The summed E-state index contributed by atoms with van der Waals surface area (Å²) in [5, 5.41) is 7.19. The number of imidazole rings is 1. The van der Waals surface area contributed by atoms with Gasteiger partial charge in [0.15, 0.2) is 5.11 Å². The fourth-order valence-electron chi connectivity index (χ4n) is 2.11. The Balaban J connectivity index is 1.46. The SMILES string of the molecule is Cc1ccc(CSCCNC(=S)NCCCn2cncc2C)o1. The zero-order chi connectivity index (χ0) is 16.5. The van der Waals surface area contributed by atoms with Gasteiger partial charge in [-0.25, -0.2) is 4.98 Å². The molecule has 126 valence electrons. The van der Waals surface area contributed by atoms with Crippen LogP contribution in [0, 0.1) is 13.8 Å². The molecule has 0 saturated carbocycles. The fraction of sp³-hybridized carbons (Fsp3) is 0.500. The van der Waals surface area contributed by atoms with Crippen molar-refractivity contribution in [1.82, 2.24) is 20.2 Å². The van der Waals surface area contributed by atoms with Crippen molar-refractivity contribution in [3.8, 4) is 0 Å². The Labute approximate surface area is 147 Å². The number of hydrogen-bond donors (Lipinski definition) is 2. The third kappa shape index (κ3) is 6.66. The highest BCUT2D eigenvalue weighted by Gasteiger charge is 2.00. The molecule has 2 rings (SSSR count). The summed E-state index contributed by atoms with van der Waals surface area (Å²) in [6.07, 6.45) is 4.76. The summed E-state index contributed by atoms with van der Waals surface area (Å²) in [5.41, 5.74) is 1.19. The molecule has 0 aliphatic heterocycles. The van der Waals surface area contributed by atoms with E-state index in [1.807, 2.05) is 43.3 Å². The van der Waals surface area contributed by atoms with E-state index in [2.05, 4.69) is 27.1 Å². The topological polar surface area (TPSA) is 55.0 Å².